The summed E-state index contributed by atoms with van der Waals surface area (Å²) in [6.07, 6.45) is 0.924. The highest BCUT2D eigenvalue weighted by molar-refractivity contribution is 7.80. The molecule has 0 spiro atoms. The first-order valence-electron chi connectivity index (χ1n) is 4.84. The Bertz CT molecular complexity index is 305. The van der Waals surface area contributed by atoms with Gasteiger partial charge in [-0.2, -0.15) is 12.6 Å². The lowest BCUT2D eigenvalue weighted by molar-refractivity contribution is 0.391. The molecule has 0 radical (unpaired) electrons. The van der Waals surface area contributed by atoms with E-state index in [2.05, 4.69) is 17.9 Å². The zero-order chi connectivity index (χ0) is 11.1. The van der Waals surface area contributed by atoms with Crippen molar-refractivity contribution in [1.29, 1.82) is 0 Å². The Morgan fingerprint density at radius 2 is 2.07 bits per heavy atom. The van der Waals surface area contributed by atoms with Gasteiger partial charge in [0, 0.05) is 18.5 Å². The van der Waals surface area contributed by atoms with Crippen LogP contribution >= 0.6 is 12.6 Å². The topological polar surface area (TPSA) is 30.5 Å². The van der Waals surface area contributed by atoms with Crippen LogP contribution in [-0.4, -0.2) is 26.6 Å². The van der Waals surface area contributed by atoms with Crippen LogP contribution in [0.1, 0.15) is 5.56 Å². The first-order chi connectivity index (χ1) is 7.31. The number of methoxy groups -OCH3 is 2. The van der Waals surface area contributed by atoms with Gasteiger partial charge < -0.3 is 14.8 Å². The van der Waals surface area contributed by atoms with E-state index in [0.29, 0.717) is 5.88 Å². The van der Waals surface area contributed by atoms with Gasteiger partial charge in [-0.05, 0) is 18.1 Å². The van der Waals surface area contributed by atoms with Gasteiger partial charge in [-0.25, -0.2) is 0 Å². The van der Waals surface area contributed by atoms with Crippen LogP contribution in [0.2, 0.25) is 0 Å². The zero-order valence-electron chi connectivity index (χ0n) is 9.12. The number of thiol groups is 1. The highest BCUT2D eigenvalue weighted by Crippen LogP contribution is 2.24. The molecule has 0 amide bonds. The van der Waals surface area contributed by atoms with Gasteiger partial charge in [0.05, 0.1) is 14.2 Å². The standard InChI is InChI=1S/C11H17NO2S/c1-13-10-4-3-9(5-6-12-8-15)11(7-10)14-2/h3-4,7,12,15H,5-6,8H2,1-2H3. The van der Waals surface area contributed by atoms with Crippen LogP contribution in [0.15, 0.2) is 18.2 Å². The van der Waals surface area contributed by atoms with Crippen molar-refractivity contribution in [1.82, 2.24) is 5.32 Å². The first kappa shape index (κ1) is 12.2. The van der Waals surface area contributed by atoms with Gasteiger partial charge in [0.1, 0.15) is 11.5 Å². The number of ether oxygens (including phenoxy) is 2. The molecule has 0 aliphatic heterocycles. The average molecular weight is 227 g/mol. The summed E-state index contributed by atoms with van der Waals surface area (Å²) in [4.78, 5) is 0. The van der Waals surface area contributed by atoms with E-state index >= 15 is 0 Å². The molecule has 0 aliphatic rings. The Balaban J connectivity index is 2.69. The minimum atomic E-state index is 0.693. The van der Waals surface area contributed by atoms with Crippen molar-refractivity contribution in [3.05, 3.63) is 23.8 Å². The van der Waals surface area contributed by atoms with Crippen LogP contribution in [0.25, 0.3) is 0 Å². The van der Waals surface area contributed by atoms with Crippen LogP contribution in [0.4, 0.5) is 0 Å². The van der Waals surface area contributed by atoms with Gasteiger partial charge in [-0.3, -0.25) is 0 Å². The average Bonchev–Trinajstić information content (AvgIpc) is 2.29. The third kappa shape index (κ3) is 3.64. The van der Waals surface area contributed by atoms with Gasteiger partial charge >= 0.3 is 0 Å². The lowest BCUT2D eigenvalue weighted by Gasteiger charge is -2.10. The fourth-order valence-corrected chi connectivity index (χ4v) is 1.52. The van der Waals surface area contributed by atoms with Crippen molar-refractivity contribution in [2.24, 2.45) is 0 Å². The number of rotatable bonds is 6. The molecule has 0 atom stereocenters. The Kier molecular flexibility index (Phi) is 5.36. The second-order valence-corrected chi connectivity index (χ2v) is 3.40. The quantitative estimate of drug-likeness (QED) is 0.441. The summed E-state index contributed by atoms with van der Waals surface area (Å²) < 4.78 is 10.4. The number of benzene rings is 1. The van der Waals surface area contributed by atoms with Crippen molar-refractivity contribution in [3.8, 4) is 11.5 Å². The van der Waals surface area contributed by atoms with E-state index in [0.717, 1.165) is 24.5 Å². The van der Waals surface area contributed by atoms with Gasteiger partial charge in [-0.15, -0.1) is 0 Å². The van der Waals surface area contributed by atoms with Crippen LogP contribution < -0.4 is 14.8 Å². The molecular weight excluding hydrogens is 210 g/mol. The molecule has 0 saturated heterocycles. The predicted molar refractivity (Wildman–Crippen MR) is 65.1 cm³/mol. The largest absolute Gasteiger partial charge is 0.497 e. The minimum Gasteiger partial charge on any atom is -0.497 e. The SMILES string of the molecule is COc1ccc(CCNCS)c(OC)c1. The second-order valence-electron chi connectivity index (χ2n) is 3.09. The molecular formula is C11H17NO2S. The van der Waals surface area contributed by atoms with E-state index < -0.39 is 0 Å². The van der Waals surface area contributed by atoms with Gasteiger partial charge in [0.15, 0.2) is 0 Å². The molecule has 0 heterocycles. The summed E-state index contributed by atoms with van der Waals surface area (Å²) in [5, 5.41) is 3.15. The molecule has 0 bridgehead atoms. The summed E-state index contributed by atoms with van der Waals surface area (Å²) in [5.74, 6) is 2.38. The van der Waals surface area contributed by atoms with Gasteiger partial charge in [0.2, 0.25) is 0 Å². The molecule has 1 rings (SSSR count). The van der Waals surface area contributed by atoms with Crippen molar-refractivity contribution in [3.63, 3.8) is 0 Å². The Morgan fingerprint density at radius 3 is 2.67 bits per heavy atom. The maximum absolute atomic E-state index is 5.29. The molecule has 0 fully saturated rings. The van der Waals surface area contributed by atoms with E-state index in [-0.39, 0.29) is 0 Å². The smallest absolute Gasteiger partial charge is 0.125 e. The van der Waals surface area contributed by atoms with Crippen molar-refractivity contribution >= 4 is 12.6 Å². The van der Waals surface area contributed by atoms with E-state index in [9.17, 15) is 0 Å². The molecule has 1 aromatic carbocycles. The van der Waals surface area contributed by atoms with Crippen molar-refractivity contribution in [2.75, 3.05) is 26.6 Å². The summed E-state index contributed by atoms with van der Waals surface area (Å²) in [7, 11) is 3.32. The molecule has 0 saturated carbocycles. The summed E-state index contributed by atoms with van der Waals surface area (Å²) in [6.45, 7) is 0.895. The highest BCUT2D eigenvalue weighted by atomic mass is 32.1. The lowest BCUT2D eigenvalue weighted by Crippen LogP contribution is -2.15. The Hall–Kier alpha value is -0.870. The van der Waals surface area contributed by atoms with Crippen molar-refractivity contribution < 1.29 is 9.47 Å². The van der Waals surface area contributed by atoms with Crippen molar-refractivity contribution in [2.45, 2.75) is 6.42 Å². The lowest BCUT2D eigenvalue weighted by atomic mass is 10.1. The third-order valence-electron chi connectivity index (χ3n) is 2.18. The zero-order valence-corrected chi connectivity index (χ0v) is 10.0. The number of nitrogens with one attached hydrogen (secondary N) is 1. The number of hydrogen-bond acceptors (Lipinski definition) is 4. The van der Waals surface area contributed by atoms with E-state index in [1.165, 1.54) is 5.56 Å². The van der Waals surface area contributed by atoms with E-state index in [1.54, 1.807) is 14.2 Å². The van der Waals surface area contributed by atoms with Gasteiger partial charge in [-0.1, -0.05) is 6.07 Å². The molecule has 1 N–H and O–H groups in total. The molecule has 1 aromatic rings. The first-order valence-corrected chi connectivity index (χ1v) is 5.47. The molecule has 84 valence electrons. The Labute approximate surface area is 96.2 Å². The third-order valence-corrected chi connectivity index (χ3v) is 2.40. The Morgan fingerprint density at radius 1 is 1.27 bits per heavy atom. The van der Waals surface area contributed by atoms with E-state index in [4.69, 9.17) is 9.47 Å². The number of hydrogen-bond donors (Lipinski definition) is 2. The second kappa shape index (κ2) is 6.58. The maximum Gasteiger partial charge on any atom is 0.125 e. The van der Waals surface area contributed by atoms with Crippen LogP contribution in [0.5, 0.6) is 11.5 Å². The monoisotopic (exact) mass is 227 g/mol. The predicted octanol–water partition coefficient (Wildman–Crippen LogP) is 1.72. The normalized spacial score (nSPS) is 10.1. The molecule has 0 aliphatic carbocycles. The molecule has 4 heteroatoms. The summed E-state index contributed by atoms with van der Waals surface area (Å²) in [6, 6.07) is 5.87. The minimum absolute atomic E-state index is 0.693. The van der Waals surface area contributed by atoms with Gasteiger partial charge in [0.25, 0.3) is 0 Å². The highest BCUT2D eigenvalue weighted by Gasteiger charge is 2.03. The molecule has 0 unspecified atom stereocenters. The molecule has 3 nitrogen and oxygen atoms in total. The maximum atomic E-state index is 5.29. The molecule has 15 heavy (non-hydrogen) atoms. The molecule has 0 aromatic heterocycles. The summed E-state index contributed by atoms with van der Waals surface area (Å²) >= 11 is 4.08. The fraction of sp³-hybridized carbons (Fsp3) is 0.455. The van der Waals surface area contributed by atoms with Crippen LogP contribution in [0, 0.1) is 0 Å². The van der Waals surface area contributed by atoms with Crippen LogP contribution in [-0.2, 0) is 6.42 Å². The summed E-state index contributed by atoms with van der Waals surface area (Å²) in [5.41, 5.74) is 1.17. The fourth-order valence-electron chi connectivity index (χ4n) is 1.36. The van der Waals surface area contributed by atoms with Crippen LogP contribution in [0.3, 0.4) is 0 Å². The van der Waals surface area contributed by atoms with E-state index in [1.807, 2.05) is 18.2 Å².